The third kappa shape index (κ3) is 3.92. The number of nitrogens with one attached hydrogen (secondary N) is 2. The number of hydrogen-bond acceptors (Lipinski definition) is 2. The van der Waals surface area contributed by atoms with Crippen molar-refractivity contribution in [2.24, 2.45) is 5.10 Å². The molecule has 4 nitrogen and oxygen atoms in total. The third-order valence-electron chi connectivity index (χ3n) is 2.31. The summed E-state index contributed by atoms with van der Waals surface area (Å²) in [7, 11) is 0. The second-order valence-electron chi connectivity index (χ2n) is 3.71. The van der Waals surface area contributed by atoms with Crippen LogP contribution < -0.4 is 10.7 Å². The van der Waals surface area contributed by atoms with Gasteiger partial charge in [0.25, 0.3) is 0 Å². The maximum absolute atomic E-state index is 13.2. The third-order valence-corrected chi connectivity index (χ3v) is 2.31. The first-order chi connectivity index (χ1) is 9.25. The van der Waals surface area contributed by atoms with Gasteiger partial charge in [0.15, 0.2) is 0 Å². The fourth-order valence-corrected chi connectivity index (χ4v) is 1.42. The van der Waals surface area contributed by atoms with Crippen LogP contribution in [-0.2, 0) is 0 Å². The van der Waals surface area contributed by atoms with Gasteiger partial charge in [0.2, 0.25) is 0 Å². The van der Waals surface area contributed by atoms with Gasteiger partial charge < -0.3 is 5.32 Å². The average molecular weight is 257 g/mol. The van der Waals surface area contributed by atoms with Gasteiger partial charge in [0.05, 0.1) is 6.21 Å². The predicted molar refractivity (Wildman–Crippen MR) is 72.6 cm³/mol. The molecule has 2 rings (SSSR count). The average Bonchev–Trinajstić information content (AvgIpc) is 2.42. The molecule has 0 radical (unpaired) electrons. The van der Waals surface area contributed by atoms with Gasteiger partial charge in [-0.25, -0.2) is 14.6 Å². The summed E-state index contributed by atoms with van der Waals surface area (Å²) in [5.41, 5.74) is 3.22. The number of hydrazone groups is 1. The summed E-state index contributed by atoms with van der Waals surface area (Å²) in [6.45, 7) is 0. The Bertz CT molecular complexity index is 584. The van der Waals surface area contributed by atoms with Crippen LogP contribution in [0.5, 0.6) is 0 Å². The molecule has 2 aromatic carbocycles. The monoisotopic (exact) mass is 257 g/mol. The molecule has 0 aromatic heterocycles. The van der Waals surface area contributed by atoms with Crippen LogP contribution in [0.3, 0.4) is 0 Å². The van der Waals surface area contributed by atoms with Crippen LogP contribution in [0.4, 0.5) is 14.9 Å². The van der Waals surface area contributed by atoms with E-state index in [9.17, 15) is 9.18 Å². The van der Waals surface area contributed by atoms with Crippen molar-refractivity contribution < 1.29 is 9.18 Å². The van der Waals surface area contributed by atoms with Crippen molar-refractivity contribution in [3.8, 4) is 0 Å². The molecule has 19 heavy (non-hydrogen) atoms. The first-order valence-electron chi connectivity index (χ1n) is 5.65. The minimum Gasteiger partial charge on any atom is -0.307 e. The van der Waals surface area contributed by atoms with Crippen LogP contribution in [0, 0.1) is 5.82 Å². The first-order valence-corrected chi connectivity index (χ1v) is 5.65. The van der Waals surface area contributed by atoms with E-state index >= 15 is 0 Å². The highest BCUT2D eigenvalue weighted by Gasteiger charge is 1.99. The van der Waals surface area contributed by atoms with Gasteiger partial charge in [0, 0.05) is 11.3 Å². The van der Waals surface area contributed by atoms with E-state index in [1.165, 1.54) is 12.3 Å². The number of amides is 2. The van der Waals surface area contributed by atoms with Gasteiger partial charge in [0.1, 0.15) is 5.82 Å². The fourth-order valence-electron chi connectivity index (χ4n) is 1.42. The van der Waals surface area contributed by atoms with Crippen LogP contribution in [0.25, 0.3) is 0 Å². The highest BCUT2D eigenvalue weighted by molar-refractivity contribution is 5.90. The van der Waals surface area contributed by atoms with Crippen LogP contribution in [0.2, 0.25) is 0 Å². The fraction of sp³-hybridized carbons (Fsp3) is 0. The Labute approximate surface area is 110 Å². The molecule has 0 unspecified atom stereocenters. The molecule has 0 heterocycles. The molecule has 0 atom stereocenters. The molecule has 0 spiro atoms. The zero-order valence-electron chi connectivity index (χ0n) is 10.0. The maximum Gasteiger partial charge on any atom is 0.339 e. The number of nitrogens with zero attached hydrogens (tertiary/aromatic N) is 1. The lowest BCUT2D eigenvalue weighted by Crippen LogP contribution is -2.24. The number of carbonyl (C=O) groups excluding carboxylic acids is 1. The van der Waals surface area contributed by atoms with E-state index < -0.39 is 11.8 Å². The summed E-state index contributed by atoms with van der Waals surface area (Å²) >= 11 is 0. The molecule has 0 saturated heterocycles. The molecule has 0 fully saturated rings. The highest BCUT2D eigenvalue weighted by atomic mass is 19.1. The topological polar surface area (TPSA) is 53.5 Å². The summed E-state index contributed by atoms with van der Waals surface area (Å²) < 4.78 is 13.2. The van der Waals surface area contributed by atoms with E-state index in [1.807, 2.05) is 6.07 Å². The zero-order valence-corrected chi connectivity index (χ0v) is 10.0. The number of halogens is 1. The molecule has 2 amide bonds. The van der Waals surface area contributed by atoms with Crippen molar-refractivity contribution in [1.29, 1.82) is 0 Å². The van der Waals surface area contributed by atoms with E-state index in [0.29, 0.717) is 11.3 Å². The van der Waals surface area contributed by atoms with E-state index in [1.54, 1.807) is 42.5 Å². The van der Waals surface area contributed by atoms with E-state index in [-0.39, 0.29) is 0 Å². The van der Waals surface area contributed by atoms with Crippen molar-refractivity contribution in [1.82, 2.24) is 5.43 Å². The number of para-hydroxylation sites is 1. The van der Waals surface area contributed by atoms with Crippen LogP contribution in [0.15, 0.2) is 59.7 Å². The van der Waals surface area contributed by atoms with E-state index in [0.717, 1.165) is 0 Å². The number of carbonyl (C=O) groups is 1. The van der Waals surface area contributed by atoms with E-state index in [4.69, 9.17) is 0 Å². The quantitative estimate of drug-likeness (QED) is 0.644. The number of anilines is 1. The van der Waals surface area contributed by atoms with Gasteiger partial charge in [-0.1, -0.05) is 36.4 Å². The van der Waals surface area contributed by atoms with E-state index in [2.05, 4.69) is 15.8 Å². The molecule has 0 aliphatic rings. The summed E-state index contributed by atoms with van der Waals surface area (Å²) in [4.78, 5) is 11.5. The molecule has 2 N–H and O–H groups in total. The van der Waals surface area contributed by atoms with Crippen molar-refractivity contribution in [2.75, 3.05) is 5.32 Å². The first kappa shape index (κ1) is 12.8. The minimum atomic E-state index is -0.487. The smallest absolute Gasteiger partial charge is 0.307 e. The molecular formula is C14H12FN3O. The summed E-state index contributed by atoms with van der Waals surface area (Å²) in [5.74, 6) is -0.392. The standard InChI is InChI=1S/C14H12FN3O/c15-13-9-5-4-6-11(13)10-16-18-14(19)17-12-7-2-1-3-8-12/h1-10H,(H2,17,18,19)/b16-10+. The second kappa shape index (κ2) is 6.30. The molecule has 5 heteroatoms. The number of hydrogen-bond donors (Lipinski definition) is 2. The number of rotatable bonds is 3. The summed E-state index contributed by atoms with van der Waals surface area (Å²) in [6, 6.07) is 14.6. The lowest BCUT2D eigenvalue weighted by Gasteiger charge is -2.03. The Morgan fingerprint density at radius 1 is 1.05 bits per heavy atom. The van der Waals surface area contributed by atoms with Gasteiger partial charge in [-0.15, -0.1) is 0 Å². The van der Waals surface area contributed by atoms with Crippen LogP contribution in [0.1, 0.15) is 5.56 Å². The van der Waals surface area contributed by atoms with Crippen LogP contribution in [-0.4, -0.2) is 12.2 Å². The minimum absolute atomic E-state index is 0.308. The molecular weight excluding hydrogens is 245 g/mol. The second-order valence-corrected chi connectivity index (χ2v) is 3.71. The predicted octanol–water partition coefficient (Wildman–Crippen LogP) is 2.98. The largest absolute Gasteiger partial charge is 0.339 e. The maximum atomic E-state index is 13.2. The summed E-state index contributed by atoms with van der Waals surface area (Å²) in [5, 5.41) is 6.26. The Morgan fingerprint density at radius 2 is 1.74 bits per heavy atom. The molecule has 0 aliphatic heterocycles. The van der Waals surface area contributed by atoms with Crippen molar-refractivity contribution in [2.45, 2.75) is 0 Å². The lowest BCUT2D eigenvalue weighted by molar-refractivity contribution is 0.252. The Morgan fingerprint density at radius 3 is 2.47 bits per heavy atom. The van der Waals surface area contributed by atoms with Crippen molar-refractivity contribution in [3.05, 3.63) is 66.0 Å². The lowest BCUT2D eigenvalue weighted by atomic mass is 10.2. The van der Waals surface area contributed by atoms with Crippen molar-refractivity contribution in [3.63, 3.8) is 0 Å². The SMILES string of the molecule is O=C(N/N=C/c1ccccc1F)Nc1ccccc1. The zero-order chi connectivity index (χ0) is 13.5. The van der Waals surface area contributed by atoms with Gasteiger partial charge in [-0.2, -0.15) is 5.10 Å². The Kier molecular flexibility index (Phi) is 4.23. The number of urea groups is 1. The normalized spacial score (nSPS) is 10.4. The molecule has 0 bridgehead atoms. The molecule has 0 aliphatic carbocycles. The van der Waals surface area contributed by atoms with Crippen molar-refractivity contribution >= 4 is 17.9 Å². The number of benzene rings is 2. The van der Waals surface area contributed by atoms with Gasteiger partial charge in [-0.3, -0.25) is 0 Å². The van der Waals surface area contributed by atoms with Crippen LogP contribution >= 0.6 is 0 Å². The molecule has 2 aromatic rings. The summed E-state index contributed by atoms with van der Waals surface area (Å²) in [6.07, 6.45) is 1.25. The Hall–Kier alpha value is -2.69. The van der Waals surface area contributed by atoms with Gasteiger partial charge in [-0.05, 0) is 18.2 Å². The molecule has 96 valence electrons. The highest BCUT2D eigenvalue weighted by Crippen LogP contribution is 2.04. The van der Waals surface area contributed by atoms with Gasteiger partial charge >= 0.3 is 6.03 Å². The molecule has 0 saturated carbocycles. The Balaban J connectivity index is 1.89.